The number of carbonyl (C=O) groups excluding carboxylic acids is 2. The van der Waals surface area contributed by atoms with Gasteiger partial charge in [-0.1, -0.05) is 54.6 Å². The van der Waals surface area contributed by atoms with Gasteiger partial charge >= 0.3 is 6.03 Å². The van der Waals surface area contributed by atoms with E-state index in [1.54, 1.807) is 6.07 Å². The molecule has 0 radical (unpaired) electrons. The maximum absolute atomic E-state index is 13.5. The molecule has 3 rings (SSSR count). The van der Waals surface area contributed by atoms with Crippen LogP contribution in [0, 0.1) is 5.82 Å². The first kappa shape index (κ1) is 18.5. The van der Waals surface area contributed by atoms with Gasteiger partial charge in [0, 0.05) is 6.04 Å². The first-order valence-corrected chi connectivity index (χ1v) is 8.61. The number of benzene rings is 3. The molecular formula is C21H20FN3O2. The van der Waals surface area contributed by atoms with E-state index in [4.69, 9.17) is 0 Å². The molecule has 0 heterocycles. The molecule has 0 aromatic heterocycles. The van der Waals surface area contributed by atoms with E-state index >= 15 is 0 Å². The minimum atomic E-state index is -0.773. The van der Waals surface area contributed by atoms with Crippen molar-refractivity contribution in [1.82, 2.24) is 10.6 Å². The molecular weight excluding hydrogens is 345 g/mol. The van der Waals surface area contributed by atoms with Gasteiger partial charge in [-0.05, 0) is 35.4 Å². The molecule has 0 saturated heterocycles. The Balaban J connectivity index is 1.55. The van der Waals surface area contributed by atoms with E-state index in [1.165, 1.54) is 18.2 Å². The highest BCUT2D eigenvalue weighted by Gasteiger charge is 2.13. The van der Waals surface area contributed by atoms with Crippen LogP contribution in [0.1, 0.15) is 18.5 Å². The number of hydrogen-bond acceptors (Lipinski definition) is 3. The Hall–Kier alpha value is -3.25. The zero-order chi connectivity index (χ0) is 19.2. The number of anilines is 1. The van der Waals surface area contributed by atoms with E-state index < -0.39 is 17.8 Å². The van der Waals surface area contributed by atoms with E-state index in [1.807, 2.05) is 49.4 Å². The molecule has 3 N–H and O–H groups in total. The van der Waals surface area contributed by atoms with Crippen LogP contribution in [0.4, 0.5) is 14.9 Å². The van der Waals surface area contributed by atoms with Crippen LogP contribution in [0.15, 0.2) is 66.7 Å². The average molecular weight is 365 g/mol. The monoisotopic (exact) mass is 365 g/mol. The van der Waals surface area contributed by atoms with E-state index in [2.05, 4.69) is 16.0 Å². The summed E-state index contributed by atoms with van der Waals surface area (Å²) in [5.41, 5.74) is 1.08. The molecule has 0 aliphatic heterocycles. The van der Waals surface area contributed by atoms with Crippen molar-refractivity contribution in [3.05, 3.63) is 78.1 Å². The lowest BCUT2D eigenvalue weighted by atomic mass is 10.00. The molecule has 27 heavy (non-hydrogen) atoms. The molecule has 0 bridgehead atoms. The van der Waals surface area contributed by atoms with Gasteiger partial charge in [0.05, 0.1) is 12.2 Å². The molecule has 0 aliphatic carbocycles. The van der Waals surface area contributed by atoms with Gasteiger partial charge in [0.25, 0.3) is 0 Å². The summed E-state index contributed by atoms with van der Waals surface area (Å²) in [7, 11) is 0. The first-order chi connectivity index (χ1) is 13.0. The standard InChI is InChI=1S/C21H20FN3O2/c1-14(16-10-6-8-15-7-2-3-9-17(15)16)23-13-20(26)25-21(27)24-19-12-5-4-11-18(19)22/h2-12,14,23H,13H2,1H3,(H2,24,25,26,27)/t14-/m0/s1. The van der Waals surface area contributed by atoms with Gasteiger partial charge in [-0.25, -0.2) is 9.18 Å². The Morgan fingerprint density at radius 2 is 1.67 bits per heavy atom. The van der Waals surface area contributed by atoms with Gasteiger partial charge in [-0.3, -0.25) is 10.1 Å². The van der Waals surface area contributed by atoms with Gasteiger partial charge in [0.2, 0.25) is 5.91 Å². The van der Waals surface area contributed by atoms with Crippen LogP contribution in [0.25, 0.3) is 10.8 Å². The lowest BCUT2D eigenvalue weighted by Gasteiger charge is -2.16. The number of rotatable bonds is 5. The lowest BCUT2D eigenvalue weighted by molar-refractivity contribution is -0.119. The van der Waals surface area contributed by atoms with E-state index in [0.717, 1.165) is 16.3 Å². The molecule has 138 valence electrons. The molecule has 0 spiro atoms. The molecule has 0 aliphatic rings. The number of hydrogen-bond donors (Lipinski definition) is 3. The Labute approximate surface area is 156 Å². The molecule has 0 unspecified atom stereocenters. The van der Waals surface area contributed by atoms with Crippen LogP contribution >= 0.6 is 0 Å². The average Bonchev–Trinajstić information content (AvgIpc) is 2.67. The predicted octanol–water partition coefficient (Wildman–Crippen LogP) is 3.98. The van der Waals surface area contributed by atoms with Crippen LogP contribution in [-0.2, 0) is 4.79 Å². The fourth-order valence-electron chi connectivity index (χ4n) is 2.87. The van der Waals surface area contributed by atoms with Gasteiger partial charge in [0.1, 0.15) is 5.82 Å². The Morgan fingerprint density at radius 1 is 0.963 bits per heavy atom. The highest BCUT2D eigenvalue weighted by Crippen LogP contribution is 2.23. The summed E-state index contributed by atoms with van der Waals surface area (Å²) < 4.78 is 13.5. The highest BCUT2D eigenvalue weighted by molar-refractivity contribution is 6.01. The number of fused-ring (bicyclic) bond motifs is 1. The summed E-state index contributed by atoms with van der Waals surface area (Å²) in [5.74, 6) is -1.07. The largest absolute Gasteiger partial charge is 0.326 e. The third-order valence-electron chi connectivity index (χ3n) is 4.23. The second-order valence-electron chi connectivity index (χ2n) is 6.15. The topological polar surface area (TPSA) is 70.2 Å². The van der Waals surface area contributed by atoms with Crippen molar-refractivity contribution in [3.8, 4) is 0 Å². The molecule has 0 saturated carbocycles. The van der Waals surface area contributed by atoms with Gasteiger partial charge in [-0.15, -0.1) is 0 Å². The summed E-state index contributed by atoms with van der Waals surface area (Å²) in [6, 6.07) is 18.9. The molecule has 3 amide bonds. The van der Waals surface area contributed by atoms with Crippen LogP contribution in [0.2, 0.25) is 0 Å². The number of urea groups is 1. The normalized spacial score (nSPS) is 11.8. The third kappa shape index (κ3) is 4.68. The molecule has 0 fully saturated rings. The number of nitrogens with one attached hydrogen (secondary N) is 3. The Bertz CT molecular complexity index is 969. The fourth-order valence-corrected chi connectivity index (χ4v) is 2.87. The van der Waals surface area contributed by atoms with Crippen LogP contribution in [-0.4, -0.2) is 18.5 Å². The van der Waals surface area contributed by atoms with E-state index in [9.17, 15) is 14.0 Å². The summed E-state index contributed by atoms with van der Waals surface area (Å²) in [6.45, 7) is 1.91. The SMILES string of the molecule is C[C@H](NCC(=O)NC(=O)Nc1ccccc1F)c1cccc2ccccc12. The maximum atomic E-state index is 13.5. The van der Waals surface area contributed by atoms with Crippen LogP contribution < -0.4 is 16.0 Å². The fraction of sp³-hybridized carbons (Fsp3) is 0.143. The molecule has 3 aromatic rings. The van der Waals surface area contributed by atoms with Crippen molar-refractivity contribution < 1.29 is 14.0 Å². The maximum Gasteiger partial charge on any atom is 0.326 e. The summed E-state index contributed by atoms with van der Waals surface area (Å²) in [6.07, 6.45) is 0. The van der Waals surface area contributed by atoms with Crippen molar-refractivity contribution in [2.75, 3.05) is 11.9 Å². The molecule has 1 atom stereocenters. The minimum absolute atomic E-state index is 0.0138. The Kier molecular flexibility index (Phi) is 5.78. The summed E-state index contributed by atoms with van der Waals surface area (Å²) >= 11 is 0. The second-order valence-corrected chi connectivity index (χ2v) is 6.15. The predicted molar refractivity (Wildman–Crippen MR) is 104 cm³/mol. The van der Waals surface area contributed by atoms with E-state index in [-0.39, 0.29) is 18.3 Å². The van der Waals surface area contributed by atoms with Gasteiger partial charge in [0.15, 0.2) is 0 Å². The van der Waals surface area contributed by atoms with Gasteiger partial charge < -0.3 is 10.6 Å². The minimum Gasteiger partial charge on any atom is -0.305 e. The van der Waals surface area contributed by atoms with Crippen molar-refractivity contribution >= 4 is 28.4 Å². The van der Waals surface area contributed by atoms with Crippen molar-refractivity contribution in [2.45, 2.75) is 13.0 Å². The number of amides is 3. The van der Waals surface area contributed by atoms with Crippen molar-refractivity contribution in [2.24, 2.45) is 0 Å². The van der Waals surface area contributed by atoms with E-state index in [0.29, 0.717) is 0 Å². The number of imide groups is 1. The van der Waals surface area contributed by atoms with Gasteiger partial charge in [-0.2, -0.15) is 0 Å². The van der Waals surface area contributed by atoms with Crippen molar-refractivity contribution in [3.63, 3.8) is 0 Å². The van der Waals surface area contributed by atoms with Crippen molar-refractivity contribution in [1.29, 1.82) is 0 Å². The number of halogens is 1. The summed E-state index contributed by atoms with van der Waals surface area (Å²) in [5, 5.41) is 9.83. The lowest BCUT2D eigenvalue weighted by Crippen LogP contribution is -2.40. The molecule has 6 heteroatoms. The molecule has 5 nitrogen and oxygen atoms in total. The first-order valence-electron chi connectivity index (χ1n) is 8.61. The van der Waals surface area contributed by atoms with Crippen LogP contribution in [0.3, 0.4) is 0 Å². The Morgan fingerprint density at radius 3 is 2.48 bits per heavy atom. The third-order valence-corrected chi connectivity index (χ3v) is 4.23. The summed E-state index contributed by atoms with van der Waals surface area (Å²) in [4.78, 5) is 23.8. The zero-order valence-corrected chi connectivity index (χ0v) is 14.8. The van der Waals surface area contributed by atoms with Crippen LogP contribution in [0.5, 0.6) is 0 Å². The number of carbonyl (C=O) groups is 2. The quantitative estimate of drug-likeness (QED) is 0.641. The molecule has 3 aromatic carbocycles. The smallest absolute Gasteiger partial charge is 0.305 e. The second kappa shape index (κ2) is 8.42. The highest BCUT2D eigenvalue weighted by atomic mass is 19.1. The zero-order valence-electron chi connectivity index (χ0n) is 14.8. The number of para-hydroxylation sites is 1.